The van der Waals surface area contributed by atoms with E-state index in [1.807, 2.05) is 12.1 Å². The molecule has 1 fully saturated rings. The third-order valence-corrected chi connectivity index (χ3v) is 3.96. The third kappa shape index (κ3) is 4.54. The average molecular weight is 287 g/mol. The number of amides is 1. The summed E-state index contributed by atoms with van der Waals surface area (Å²) in [6, 6.07) is 5.80. The van der Waals surface area contributed by atoms with Crippen LogP contribution in [-0.4, -0.2) is 33.0 Å². The second kappa shape index (κ2) is 7.19. The van der Waals surface area contributed by atoms with Crippen molar-refractivity contribution in [3.63, 3.8) is 0 Å². The van der Waals surface area contributed by atoms with Crippen molar-refractivity contribution in [3.8, 4) is 6.07 Å². The van der Waals surface area contributed by atoms with Crippen LogP contribution in [0.5, 0.6) is 0 Å². The molecule has 1 aliphatic rings. The van der Waals surface area contributed by atoms with Gasteiger partial charge in [0.25, 0.3) is 0 Å². The van der Waals surface area contributed by atoms with Crippen LogP contribution >= 0.6 is 0 Å². The van der Waals surface area contributed by atoms with Crippen molar-refractivity contribution in [3.05, 3.63) is 30.1 Å². The molecule has 1 saturated carbocycles. The largest absolute Gasteiger partial charge is 0.389 e. The van der Waals surface area contributed by atoms with Gasteiger partial charge in [-0.05, 0) is 24.5 Å². The van der Waals surface area contributed by atoms with Gasteiger partial charge < -0.3 is 10.0 Å². The van der Waals surface area contributed by atoms with E-state index in [0.29, 0.717) is 32.4 Å². The van der Waals surface area contributed by atoms with Crippen molar-refractivity contribution < 1.29 is 9.90 Å². The Bertz CT molecular complexity index is 504. The topological polar surface area (TPSA) is 77.2 Å². The number of aliphatic hydroxyl groups is 1. The summed E-state index contributed by atoms with van der Waals surface area (Å²) in [6.07, 6.45) is 7.19. The van der Waals surface area contributed by atoms with Gasteiger partial charge in [0.15, 0.2) is 0 Å². The first-order valence-corrected chi connectivity index (χ1v) is 7.39. The highest BCUT2D eigenvalue weighted by Gasteiger charge is 2.34. The summed E-state index contributed by atoms with van der Waals surface area (Å²) in [7, 11) is 0. The molecule has 1 heterocycles. The molecule has 5 nitrogen and oxygen atoms in total. The molecule has 0 bridgehead atoms. The average Bonchev–Trinajstić information content (AvgIpc) is 2.90. The van der Waals surface area contributed by atoms with E-state index in [1.165, 1.54) is 0 Å². The zero-order valence-electron chi connectivity index (χ0n) is 12.2. The molecule has 2 rings (SSSR count). The van der Waals surface area contributed by atoms with Crippen LogP contribution in [0, 0.1) is 11.3 Å². The van der Waals surface area contributed by atoms with Gasteiger partial charge in [0.1, 0.15) is 0 Å². The van der Waals surface area contributed by atoms with E-state index in [9.17, 15) is 9.90 Å². The maximum atomic E-state index is 12.5. The van der Waals surface area contributed by atoms with Crippen LogP contribution in [0.15, 0.2) is 24.5 Å². The predicted octanol–water partition coefficient (Wildman–Crippen LogP) is 2.02. The molecule has 112 valence electrons. The Kier molecular flexibility index (Phi) is 5.29. The maximum Gasteiger partial charge on any atom is 0.225 e. The smallest absolute Gasteiger partial charge is 0.225 e. The summed E-state index contributed by atoms with van der Waals surface area (Å²) < 4.78 is 0. The van der Waals surface area contributed by atoms with Gasteiger partial charge in [-0.15, -0.1) is 0 Å². The van der Waals surface area contributed by atoms with Crippen molar-refractivity contribution in [2.45, 2.75) is 50.7 Å². The molecule has 0 radical (unpaired) electrons. The number of aromatic nitrogens is 1. The lowest BCUT2D eigenvalue weighted by atomic mass is 9.97. The van der Waals surface area contributed by atoms with Gasteiger partial charge in [-0.3, -0.25) is 9.78 Å². The van der Waals surface area contributed by atoms with E-state index in [1.54, 1.807) is 17.3 Å². The first kappa shape index (κ1) is 15.5. The molecule has 0 spiro atoms. The SMILES string of the molecule is N#CCCN(Cc1cccnc1)C(=O)CC1(O)CCCC1. The van der Waals surface area contributed by atoms with E-state index < -0.39 is 5.60 Å². The summed E-state index contributed by atoms with van der Waals surface area (Å²) in [5.74, 6) is -0.0847. The molecule has 21 heavy (non-hydrogen) atoms. The summed E-state index contributed by atoms with van der Waals surface area (Å²) in [5, 5.41) is 19.1. The maximum absolute atomic E-state index is 12.5. The van der Waals surface area contributed by atoms with Crippen LogP contribution in [0.1, 0.15) is 44.1 Å². The zero-order valence-corrected chi connectivity index (χ0v) is 12.2. The monoisotopic (exact) mass is 287 g/mol. The van der Waals surface area contributed by atoms with E-state index >= 15 is 0 Å². The van der Waals surface area contributed by atoms with Crippen LogP contribution in [0.2, 0.25) is 0 Å². The highest BCUT2D eigenvalue weighted by molar-refractivity contribution is 5.77. The standard InChI is InChI=1S/C16H21N3O2/c17-8-4-10-19(13-14-5-3-9-18-12-14)15(20)11-16(21)6-1-2-7-16/h3,5,9,12,21H,1-2,4,6-7,10-11,13H2. The van der Waals surface area contributed by atoms with E-state index in [4.69, 9.17) is 5.26 Å². The Morgan fingerprint density at radius 1 is 1.48 bits per heavy atom. The van der Waals surface area contributed by atoms with Gasteiger partial charge in [-0.2, -0.15) is 5.26 Å². The van der Waals surface area contributed by atoms with Gasteiger partial charge in [0.2, 0.25) is 5.91 Å². The van der Waals surface area contributed by atoms with Crippen molar-refractivity contribution in [1.29, 1.82) is 5.26 Å². The molecular weight excluding hydrogens is 266 g/mol. The first-order chi connectivity index (χ1) is 10.1. The lowest BCUT2D eigenvalue weighted by Gasteiger charge is -2.27. The molecule has 0 aromatic carbocycles. The minimum absolute atomic E-state index is 0.0847. The van der Waals surface area contributed by atoms with E-state index in [2.05, 4.69) is 11.1 Å². The van der Waals surface area contributed by atoms with Gasteiger partial charge in [-0.25, -0.2) is 0 Å². The van der Waals surface area contributed by atoms with E-state index in [0.717, 1.165) is 18.4 Å². The van der Waals surface area contributed by atoms with Crippen molar-refractivity contribution >= 4 is 5.91 Å². The van der Waals surface area contributed by atoms with Crippen LogP contribution in [0.3, 0.4) is 0 Å². The van der Waals surface area contributed by atoms with Crippen molar-refractivity contribution in [1.82, 2.24) is 9.88 Å². The predicted molar refractivity (Wildman–Crippen MR) is 77.9 cm³/mol. The number of hydrogen-bond donors (Lipinski definition) is 1. The molecule has 0 atom stereocenters. The molecule has 1 aromatic rings. The molecule has 1 aliphatic carbocycles. The normalized spacial score (nSPS) is 16.4. The van der Waals surface area contributed by atoms with Gasteiger partial charge in [0, 0.05) is 25.5 Å². The minimum atomic E-state index is -0.850. The van der Waals surface area contributed by atoms with Crippen molar-refractivity contribution in [2.24, 2.45) is 0 Å². The molecule has 1 amide bonds. The molecule has 0 unspecified atom stereocenters. The molecular formula is C16H21N3O2. The van der Waals surface area contributed by atoms with Crippen LogP contribution in [0.25, 0.3) is 0 Å². The Morgan fingerprint density at radius 3 is 2.86 bits per heavy atom. The molecule has 0 saturated heterocycles. The number of nitrogens with zero attached hydrogens (tertiary/aromatic N) is 3. The molecule has 0 aliphatic heterocycles. The Labute approximate surface area is 125 Å². The van der Waals surface area contributed by atoms with Gasteiger partial charge in [0.05, 0.1) is 24.5 Å². The van der Waals surface area contributed by atoms with Gasteiger partial charge in [-0.1, -0.05) is 18.9 Å². The summed E-state index contributed by atoms with van der Waals surface area (Å²) in [5.41, 5.74) is 0.0823. The fraction of sp³-hybridized carbons (Fsp3) is 0.562. The lowest BCUT2D eigenvalue weighted by molar-refractivity contribution is -0.136. The third-order valence-electron chi connectivity index (χ3n) is 3.96. The number of rotatable bonds is 6. The molecule has 5 heteroatoms. The molecule has 1 N–H and O–H groups in total. The summed E-state index contributed by atoms with van der Waals surface area (Å²) in [6.45, 7) is 0.824. The summed E-state index contributed by atoms with van der Waals surface area (Å²) in [4.78, 5) is 18.1. The fourth-order valence-corrected chi connectivity index (χ4v) is 2.79. The van der Waals surface area contributed by atoms with E-state index in [-0.39, 0.29) is 12.3 Å². The van der Waals surface area contributed by atoms with Crippen LogP contribution in [-0.2, 0) is 11.3 Å². The second-order valence-electron chi connectivity index (χ2n) is 5.69. The Balaban J connectivity index is 2.01. The lowest BCUT2D eigenvalue weighted by Crippen LogP contribution is -2.38. The van der Waals surface area contributed by atoms with Gasteiger partial charge >= 0.3 is 0 Å². The van der Waals surface area contributed by atoms with Crippen LogP contribution in [0.4, 0.5) is 0 Å². The fourth-order valence-electron chi connectivity index (χ4n) is 2.79. The quantitative estimate of drug-likeness (QED) is 0.868. The number of pyridine rings is 1. The summed E-state index contributed by atoms with van der Waals surface area (Å²) >= 11 is 0. The number of carbonyl (C=O) groups is 1. The number of hydrogen-bond acceptors (Lipinski definition) is 4. The number of nitriles is 1. The second-order valence-corrected chi connectivity index (χ2v) is 5.69. The highest BCUT2D eigenvalue weighted by atomic mass is 16.3. The number of carbonyl (C=O) groups excluding carboxylic acids is 1. The van der Waals surface area contributed by atoms with Crippen LogP contribution < -0.4 is 0 Å². The Morgan fingerprint density at radius 2 is 2.24 bits per heavy atom. The Hall–Kier alpha value is -1.93. The zero-order chi connectivity index (χ0) is 15.1. The van der Waals surface area contributed by atoms with Crippen molar-refractivity contribution in [2.75, 3.05) is 6.54 Å². The minimum Gasteiger partial charge on any atom is -0.389 e. The molecule has 1 aromatic heterocycles. The highest BCUT2D eigenvalue weighted by Crippen LogP contribution is 2.32. The first-order valence-electron chi connectivity index (χ1n) is 7.39.